The van der Waals surface area contributed by atoms with Gasteiger partial charge in [-0.05, 0) is 38.3 Å². The van der Waals surface area contributed by atoms with Crippen LogP contribution in [0.1, 0.15) is 24.1 Å². The molecule has 0 saturated carbocycles. The molecular formula is C19H23N7OS. The first-order chi connectivity index (χ1) is 13.7. The molecule has 0 spiro atoms. The maximum Gasteiger partial charge on any atom is 0.223 e. The first-order valence-corrected chi connectivity index (χ1v) is 10.1. The van der Waals surface area contributed by atoms with Crippen LogP contribution in [0.3, 0.4) is 0 Å². The number of hydrogen-bond donors (Lipinski definition) is 1. The number of aromatic nitrogens is 5. The number of anilines is 2. The summed E-state index contributed by atoms with van der Waals surface area (Å²) in [7, 11) is 1.60. The van der Waals surface area contributed by atoms with Crippen LogP contribution >= 0.6 is 11.3 Å². The molecule has 1 fully saturated rings. The SMILES string of the molecule is COc1cccc2c1nc(N)n1ncnc21.Cc1cnc(N2CCCCC2)s1. The van der Waals surface area contributed by atoms with Crippen LogP contribution in [-0.4, -0.2) is 44.8 Å². The molecule has 4 heterocycles. The lowest BCUT2D eigenvalue weighted by Gasteiger charge is -2.25. The first kappa shape index (κ1) is 18.4. The predicted molar refractivity (Wildman–Crippen MR) is 112 cm³/mol. The van der Waals surface area contributed by atoms with Gasteiger partial charge in [0, 0.05) is 29.5 Å². The highest BCUT2D eigenvalue weighted by molar-refractivity contribution is 7.15. The van der Waals surface area contributed by atoms with Crippen LogP contribution in [0.4, 0.5) is 11.1 Å². The molecule has 8 nitrogen and oxygen atoms in total. The van der Waals surface area contributed by atoms with Gasteiger partial charge in [0.2, 0.25) is 5.95 Å². The average molecular weight is 398 g/mol. The van der Waals surface area contributed by atoms with E-state index in [9.17, 15) is 0 Å². The molecule has 0 bridgehead atoms. The molecule has 0 unspecified atom stereocenters. The highest BCUT2D eigenvalue weighted by Gasteiger charge is 2.13. The Bertz CT molecular complexity index is 1080. The average Bonchev–Trinajstić information content (AvgIpc) is 3.39. The van der Waals surface area contributed by atoms with Crippen molar-refractivity contribution in [1.29, 1.82) is 0 Å². The lowest BCUT2D eigenvalue weighted by Crippen LogP contribution is -2.29. The van der Waals surface area contributed by atoms with E-state index < -0.39 is 0 Å². The molecule has 1 saturated heterocycles. The molecular weight excluding hydrogens is 374 g/mol. The Balaban J connectivity index is 0.000000143. The van der Waals surface area contributed by atoms with E-state index in [2.05, 4.69) is 31.9 Å². The van der Waals surface area contributed by atoms with Crippen molar-refractivity contribution in [2.75, 3.05) is 30.8 Å². The lowest BCUT2D eigenvalue weighted by atomic mass is 10.1. The molecule has 2 N–H and O–H groups in total. The number of thiazole rings is 1. The van der Waals surface area contributed by atoms with Gasteiger partial charge < -0.3 is 15.4 Å². The Morgan fingerprint density at radius 2 is 1.96 bits per heavy atom. The summed E-state index contributed by atoms with van der Waals surface area (Å²) >= 11 is 1.81. The minimum absolute atomic E-state index is 0.296. The van der Waals surface area contributed by atoms with Gasteiger partial charge in [-0.15, -0.1) is 11.3 Å². The fourth-order valence-electron chi connectivity index (χ4n) is 3.31. The standard InChI is InChI=1S/C10H9N5O.C9H14N2S/c1-16-7-4-2-3-6-8(7)14-10(11)15-9(6)12-5-13-15;1-8-7-10-9(12-8)11-5-3-2-4-6-11/h2-5H,1H3,(H2,11,14);7H,2-6H2,1H3. The van der Waals surface area contributed by atoms with Crippen molar-refractivity contribution in [3.8, 4) is 5.75 Å². The van der Waals surface area contributed by atoms with Crippen molar-refractivity contribution in [3.05, 3.63) is 35.6 Å². The molecule has 0 radical (unpaired) electrons. The van der Waals surface area contributed by atoms with Crippen LogP contribution in [0, 0.1) is 6.92 Å². The third kappa shape index (κ3) is 3.57. The number of rotatable bonds is 2. The van der Waals surface area contributed by atoms with Gasteiger partial charge >= 0.3 is 0 Å². The largest absolute Gasteiger partial charge is 0.494 e. The highest BCUT2D eigenvalue weighted by atomic mass is 32.1. The molecule has 4 aromatic rings. The number of aryl methyl sites for hydroxylation is 1. The number of nitrogens with two attached hydrogens (primary N) is 1. The number of methoxy groups -OCH3 is 1. The molecule has 0 atom stereocenters. The number of piperidine rings is 1. The second kappa shape index (κ2) is 7.97. The Morgan fingerprint density at radius 1 is 1.14 bits per heavy atom. The monoisotopic (exact) mass is 397 g/mol. The molecule has 28 heavy (non-hydrogen) atoms. The Labute approximate surface area is 167 Å². The highest BCUT2D eigenvalue weighted by Crippen LogP contribution is 2.27. The molecule has 1 aliphatic rings. The maximum atomic E-state index is 5.78. The summed E-state index contributed by atoms with van der Waals surface area (Å²) in [5, 5.41) is 6.08. The smallest absolute Gasteiger partial charge is 0.223 e. The van der Waals surface area contributed by atoms with Crippen LogP contribution in [0.5, 0.6) is 5.75 Å². The van der Waals surface area contributed by atoms with Crippen LogP contribution in [0.2, 0.25) is 0 Å². The van der Waals surface area contributed by atoms with Gasteiger partial charge in [-0.1, -0.05) is 6.07 Å². The molecule has 1 aromatic carbocycles. The van der Waals surface area contributed by atoms with Crippen LogP contribution < -0.4 is 15.4 Å². The van der Waals surface area contributed by atoms with E-state index in [0.717, 1.165) is 5.39 Å². The van der Waals surface area contributed by atoms with E-state index in [1.165, 1.54) is 53.2 Å². The summed E-state index contributed by atoms with van der Waals surface area (Å²) in [5.41, 5.74) is 7.16. The quantitative estimate of drug-likeness (QED) is 0.554. The van der Waals surface area contributed by atoms with E-state index in [0.29, 0.717) is 22.9 Å². The molecule has 3 aromatic heterocycles. The van der Waals surface area contributed by atoms with Crippen molar-refractivity contribution < 1.29 is 4.74 Å². The molecule has 0 amide bonds. The fraction of sp³-hybridized carbons (Fsp3) is 0.368. The predicted octanol–water partition coefficient (Wildman–Crippen LogP) is 3.31. The minimum Gasteiger partial charge on any atom is -0.494 e. The molecule has 5 rings (SSSR count). The zero-order valence-electron chi connectivity index (χ0n) is 16.0. The van der Waals surface area contributed by atoms with Crippen LogP contribution in [0.25, 0.3) is 16.6 Å². The van der Waals surface area contributed by atoms with E-state index >= 15 is 0 Å². The topological polar surface area (TPSA) is 94.5 Å². The van der Waals surface area contributed by atoms with Crippen molar-refractivity contribution in [1.82, 2.24) is 24.6 Å². The van der Waals surface area contributed by atoms with Gasteiger partial charge in [0.25, 0.3) is 0 Å². The third-order valence-corrected chi connectivity index (χ3v) is 5.66. The van der Waals surface area contributed by atoms with Crippen molar-refractivity contribution in [2.45, 2.75) is 26.2 Å². The number of nitrogens with zero attached hydrogens (tertiary/aromatic N) is 6. The summed E-state index contributed by atoms with van der Waals surface area (Å²) in [5.74, 6) is 0.971. The van der Waals surface area contributed by atoms with E-state index in [-0.39, 0.29) is 0 Å². The minimum atomic E-state index is 0.296. The van der Waals surface area contributed by atoms with Crippen molar-refractivity contribution in [3.63, 3.8) is 0 Å². The van der Waals surface area contributed by atoms with Gasteiger partial charge in [0.15, 0.2) is 10.8 Å². The number of para-hydroxylation sites is 1. The van der Waals surface area contributed by atoms with Gasteiger partial charge in [-0.3, -0.25) is 0 Å². The summed E-state index contributed by atoms with van der Waals surface area (Å²) in [6.45, 7) is 4.52. The van der Waals surface area contributed by atoms with Gasteiger partial charge in [-0.2, -0.15) is 9.61 Å². The van der Waals surface area contributed by atoms with Gasteiger partial charge in [0.05, 0.1) is 7.11 Å². The molecule has 9 heteroatoms. The summed E-state index contributed by atoms with van der Waals surface area (Å²) in [4.78, 5) is 16.5. The summed E-state index contributed by atoms with van der Waals surface area (Å²) in [6, 6.07) is 5.63. The normalized spacial score (nSPS) is 14.1. The number of hydrogen-bond acceptors (Lipinski definition) is 8. The summed E-state index contributed by atoms with van der Waals surface area (Å²) < 4.78 is 6.73. The van der Waals surface area contributed by atoms with Crippen molar-refractivity contribution in [2.24, 2.45) is 0 Å². The fourth-order valence-corrected chi connectivity index (χ4v) is 4.12. The second-order valence-electron chi connectivity index (χ2n) is 6.62. The lowest BCUT2D eigenvalue weighted by molar-refractivity contribution is 0.419. The number of fused-ring (bicyclic) bond motifs is 3. The molecule has 0 aliphatic carbocycles. The molecule has 1 aliphatic heterocycles. The summed E-state index contributed by atoms with van der Waals surface area (Å²) in [6.07, 6.45) is 7.47. The van der Waals surface area contributed by atoms with Crippen molar-refractivity contribution >= 4 is 39.0 Å². The zero-order valence-corrected chi connectivity index (χ0v) is 16.8. The van der Waals surface area contributed by atoms with E-state index in [1.807, 2.05) is 35.7 Å². The first-order valence-electron chi connectivity index (χ1n) is 9.26. The third-order valence-electron chi connectivity index (χ3n) is 4.69. The van der Waals surface area contributed by atoms with E-state index in [4.69, 9.17) is 10.5 Å². The number of ether oxygens (including phenoxy) is 1. The van der Waals surface area contributed by atoms with E-state index in [1.54, 1.807) is 7.11 Å². The second-order valence-corrected chi connectivity index (χ2v) is 7.84. The number of nitrogen functional groups attached to an aromatic ring is 1. The van der Waals surface area contributed by atoms with Crippen LogP contribution in [0.15, 0.2) is 30.7 Å². The van der Waals surface area contributed by atoms with Crippen LogP contribution in [-0.2, 0) is 0 Å². The zero-order chi connectivity index (χ0) is 19.5. The van der Waals surface area contributed by atoms with Gasteiger partial charge in [-0.25, -0.2) is 15.0 Å². The number of benzene rings is 1. The maximum absolute atomic E-state index is 5.78. The Morgan fingerprint density at radius 3 is 2.68 bits per heavy atom. The Hall–Kier alpha value is -2.94. The van der Waals surface area contributed by atoms with Gasteiger partial charge in [0.1, 0.15) is 17.6 Å². The Kier molecular flexibility index (Phi) is 5.25. The molecule has 146 valence electrons.